The van der Waals surface area contributed by atoms with Crippen LogP contribution in [0, 0.1) is 0 Å². The molecule has 0 aromatic rings. The third-order valence-electron chi connectivity index (χ3n) is 4.10. The van der Waals surface area contributed by atoms with Gasteiger partial charge >= 0.3 is 5.97 Å². The molecule has 0 aliphatic carbocycles. The molecule has 5 nitrogen and oxygen atoms in total. The first-order valence-corrected chi connectivity index (χ1v) is 6.01. The van der Waals surface area contributed by atoms with E-state index in [0.29, 0.717) is 12.2 Å². The Balaban J connectivity index is 1.72. The summed E-state index contributed by atoms with van der Waals surface area (Å²) in [6, 6.07) is 0. The number of morpholine rings is 1. The minimum atomic E-state index is -0.694. The number of carboxylic acid groups (broad SMARTS) is 1. The molecule has 0 amide bonds. The predicted octanol–water partition coefficient (Wildman–Crippen LogP) is -0.334. The maximum Gasteiger partial charge on any atom is 0.305 e. The van der Waals surface area contributed by atoms with Crippen LogP contribution in [0.4, 0.5) is 0 Å². The highest BCUT2D eigenvalue weighted by Gasteiger charge is 2.48. The Morgan fingerprint density at radius 2 is 2.00 bits per heavy atom. The number of aliphatic carboxylic acids is 1. The Labute approximate surface area is 94.8 Å². The molecule has 0 saturated carbocycles. The molecule has 2 atom stereocenters. The van der Waals surface area contributed by atoms with Crippen LogP contribution in [0.1, 0.15) is 19.3 Å². The van der Waals surface area contributed by atoms with Crippen molar-refractivity contribution in [3.63, 3.8) is 0 Å². The van der Waals surface area contributed by atoms with E-state index in [4.69, 9.17) is 9.84 Å². The minimum absolute atomic E-state index is 0.142. The zero-order valence-corrected chi connectivity index (χ0v) is 9.32. The number of rotatable bonds is 3. The van der Waals surface area contributed by atoms with Crippen molar-refractivity contribution in [3.8, 4) is 0 Å². The van der Waals surface area contributed by atoms with E-state index in [0.717, 1.165) is 39.0 Å². The minimum Gasteiger partial charge on any atom is -0.481 e. The lowest BCUT2D eigenvalue weighted by Crippen LogP contribution is -2.72. The van der Waals surface area contributed by atoms with E-state index in [2.05, 4.69) is 10.2 Å². The van der Waals surface area contributed by atoms with Crippen molar-refractivity contribution in [2.45, 2.75) is 37.0 Å². The molecule has 3 aliphatic heterocycles. The molecule has 3 saturated heterocycles. The fourth-order valence-corrected chi connectivity index (χ4v) is 3.16. The molecule has 3 fully saturated rings. The molecule has 0 spiro atoms. The molecule has 0 radical (unpaired) electrons. The van der Waals surface area contributed by atoms with E-state index < -0.39 is 5.97 Å². The van der Waals surface area contributed by atoms with Gasteiger partial charge in [-0.25, -0.2) is 0 Å². The summed E-state index contributed by atoms with van der Waals surface area (Å²) >= 11 is 0. The predicted molar refractivity (Wildman–Crippen MR) is 57.3 cm³/mol. The van der Waals surface area contributed by atoms with Crippen LogP contribution < -0.4 is 5.32 Å². The normalized spacial score (nSPS) is 37.0. The summed E-state index contributed by atoms with van der Waals surface area (Å²) in [6.07, 6.45) is 3.20. The lowest BCUT2D eigenvalue weighted by Gasteiger charge is -2.52. The standard InChI is InChI=1S/C11H18N2O3/c14-10(15)3-11(6-12-7-11)13-4-8-1-2-9(5-13)16-8/h8-9,12H,1-7H2,(H,14,15). The van der Waals surface area contributed by atoms with Gasteiger partial charge in [0.05, 0.1) is 24.2 Å². The van der Waals surface area contributed by atoms with Gasteiger partial charge < -0.3 is 15.2 Å². The summed E-state index contributed by atoms with van der Waals surface area (Å²) in [7, 11) is 0. The summed E-state index contributed by atoms with van der Waals surface area (Å²) in [6.45, 7) is 3.42. The summed E-state index contributed by atoms with van der Waals surface area (Å²) in [4.78, 5) is 13.3. The fourth-order valence-electron chi connectivity index (χ4n) is 3.16. The van der Waals surface area contributed by atoms with Gasteiger partial charge in [0.1, 0.15) is 0 Å². The Kier molecular flexibility index (Phi) is 2.42. The molecule has 3 heterocycles. The van der Waals surface area contributed by atoms with Crippen LogP contribution in [0.15, 0.2) is 0 Å². The van der Waals surface area contributed by atoms with E-state index in [9.17, 15) is 4.79 Å². The SMILES string of the molecule is O=C(O)CC1(N2CC3CCC(C2)O3)CNC1. The molecule has 2 N–H and O–H groups in total. The number of likely N-dealkylation sites (tertiary alicyclic amines) is 1. The second-order valence-corrected chi connectivity index (χ2v) is 5.26. The van der Waals surface area contributed by atoms with Crippen molar-refractivity contribution < 1.29 is 14.6 Å². The topological polar surface area (TPSA) is 61.8 Å². The maximum absolute atomic E-state index is 10.9. The van der Waals surface area contributed by atoms with Crippen LogP contribution in [0.25, 0.3) is 0 Å². The Bertz CT molecular complexity index is 292. The summed E-state index contributed by atoms with van der Waals surface area (Å²) in [5.74, 6) is -0.694. The molecule has 0 aromatic heterocycles. The van der Waals surface area contributed by atoms with Crippen molar-refractivity contribution in [1.29, 1.82) is 0 Å². The lowest BCUT2D eigenvalue weighted by molar-refractivity contribution is -0.146. The van der Waals surface area contributed by atoms with Gasteiger partial charge in [-0.05, 0) is 12.8 Å². The Hall–Kier alpha value is -0.650. The number of hydrogen-bond donors (Lipinski definition) is 2. The third-order valence-corrected chi connectivity index (χ3v) is 4.10. The number of carboxylic acids is 1. The van der Waals surface area contributed by atoms with E-state index in [1.807, 2.05) is 0 Å². The number of nitrogens with one attached hydrogen (secondary N) is 1. The molecule has 16 heavy (non-hydrogen) atoms. The zero-order chi connectivity index (χ0) is 11.2. The van der Waals surface area contributed by atoms with Gasteiger partial charge in [0.15, 0.2) is 0 Å². The second-order valence-electron chi connectivity index (χ2n) is 5.26. The van der Waals surface area contributed by atoms with Crippen molar-refractivity contribution in [3.05, 3.63) is 0 Å². The third kappa shape index (κ3) is 1.63. The van der Waals surface area contributed by atoms with Crippen LogP contribution in [0.2, 0.25) is 0 Å². The fraction of sp³-hybridized carbons (Fsp3) is 0.909. The van der Waals surface area contributed by atoms with E-state index >= 15 is 0 Å². The van der Waals surface area contributed by atoms with Crippen LogP contribution >= 0.6 is 0 Å². The Morgan fingerprint density at radius 1 is 1.38 bits per heavy atom. The Morgan fingerprint density at radius 3 is 2.44 bits per heavy atom. The molecular formula is C11H18N2O3. The highest BCUT2D eigenvalue weighted by Crippen LogP contribution is 2.33. The summed E-state index contributed by atoms with van der Waals surface area (Å²) in [5.41, 5.74) is -0.142. The van der Waals surface area contributed by atoms with Crippen LogP contribution in [-0.2, 0) is 9.53 Å². The van der Waals surface area contributed by atoms with Crippen molar-refractivity contribution in [1.82, 2.24) is 10.2 Å². The van der Waals surface area contributed by atoms with Gasteiger partial charge in [0, 0.05) is 26.2 Å². The second kappa shape index (κ2) is 3.68. The molecule has 2 bridgehead atoms. The lowest BCUT2D eigenvalue weighted by atomic mass is 9.85. The highest BCUT2D eigenvalue weighted by molar-refractivity contribution is 5.68. The molecule has 90 valence electrons. The number of hydrogen-bond acceptors (Lipinski definition) is 4. The van der Waals surface area contributed by atoms with Crippen LogP contribution in [0.3, 0.4) is 0 Å². The van der Waals surface area contributed by atoms with Crippen molar-refractivity contribution in [2.24, 2.45) is 0 Å². The van der Waals surface area contributed by atoms with Gasteiger partial charge in [0.2, 0.25) is 0 Å². The van der Waals surface area contributed by atoms with Gasteiger partial charge in [-0.3, -0.25) is 9.69 Å². The summed E-state index contributed by atoms with van der Waals surface area (Å²) < 4.78 is 5.79. The van der Waals surface area contributed by atoms with Crippen LogP contribution in [-0.4, -0.2) is 59.9 Å². The average Bonchev–Trinajstić information content (AvgIpc) is 2.51. The van der Waals surface area contributed by atoms with E-state index in [-0.39, 0.29) is 12.0 Å². The molecule has 5 heteroatoms. The largest absolute Gasteiger partial charge is 0.481 e. The monoisotopic (exact) mass is 226 g/mol. The number of fused-ring (bicyclic) bond motifs is 2. The van der Waals surface area contributed by atoms with Crippen molar-refractivity contribution in [2.75, 3.05) is 26.2 Å². The molecule has 2 unspecified atom stereocenters. The number of carbonyl (C=O) groups is 1. The number of ether oxygens (including phenoxy) is 1. The van der Waals surface area contributed by atoms with Gasteiger partial charge in [-0.1, -0.05) is 0 Å². The summed E-state index contributed by atoms with van der Waals surface area (Å²) in [5, 5.41) is 12.2. The quantitative estimate of drug-likeness (QED) is 0.690. The zero-order valence-electron chi connectivity index (χ0n) is 9.32. The van der Waals surface area contributed by atoms with E-state index in [1.54, 1.807) is 0 Å². The number of nitrogens with zero attached hydrogens (tertiary/aromatic N) is 1. The van der Waals surface area contributed by atoms with Gasteiger partial charge in [-0.15, -0.1) is 0 Å². The first kappa shape index (κ1) is 10.5. The first-order chi connectivity index (χ1) is 7.68. The molecule has 0 aromatic carbocycles. The first-order valence-electron chi connectivity index (χ1n) is 6.01. The van der Waals surface area contributed by atoms with E-state index in [1.165, 1.54) is 0 Å². The average molecular weight is 226 g/mol. The smallest absolute Gasteiger partial charge is 0.305 e. The highest BCUT2D eigenvalue weighted by atomic mass is 16.5. The maximum atomic E-state index is 10.9. The molecule has 3 rings (SSSR count). The van der Waals surface area contributed by atoms with Crippen LogP contribution in [0.5, 0.6) is 0 Å². The van der Waals surface area contributed by atoms with Gasteiger partial charge in [0.25, 0.3) is 0 Å². The van der Waals surface area contributed by atoms with Crippen molar-refractivity contribution >= 4 is 5.97 Å². The molecule has 3 aliphatic rings. The van der Waals surface area contributed by atoms with Gasteiger partial charge in [-0.2, -0.15) is 0 Å². The molecular weight excluding hydrogens is 208 g/mol.